The van der Waals surface area contributed by atoms with E-state index in [4.69, 9.17) is 10.5 Å². The predicted molar refractivity (Wildman–Crippen MR) is 74.0 cm³/mol. The molecule has 1 heterocycles. The van der Waals surface area contributed by atoms with Gasteiger partial charge in [0.05, 0.1) is 17.5 Å². The zero-order chi connectivity index (χ0) is 13.7. The molecule has 1 aliphatic rings. The van der Waals surface area contributed by atoms with Crippen LogP contribution in [-0.2, 0) is 9.53 Å². The van der Waals surface area contributed by atoms with Gasteiger partial charge in [0, 0.05) is 19.1 Å². The van der Waals surface area contributed by atoms with Crippen molar-refractivity contribution < 1.29 is 14.6 Å². The van der Waals surface area contributed by atoms with Gasteiger partial charge in [0.25, 0.3) is 0 Å². The molecule has 0 spiro atoms. The summed E-state index contributed by atoms with van der Waals surface area (Å²) >= 11 is 0. The van der Waals surface area contributed by atoms with Crippen LogP contribution in [0.25, 0.3) is 0 Å². The number of carbonyl (C=O) groups excluding carboxylic acids is 1. The molecule has 0 aromatic heterocycles. The minimum atomic E-state index is -0.0773. The van der Waals surface area contributed by atoms with Crippen molar-refractivity contribution in [2.45, 2.75) is 38.2 Å². The summed E-state index contributed by atoms with van der Waals surface area (Å²) in [6.07, 6.45) is 4.70. The first-order chi connectivity index (χ1) is 9.15. The van der Waals surface area contributed by atoms with Crippen LogP contribution in [-0.4, -0.2) is 23.7 Å². The summed E-state index contributed by atoms with van der Waals surface area (Å²) in [6, 6.07) is 4.51. The zero-order valence-electron chi connectivity index (χ0n) is 10.9. The number of nitrogens with two attached hydrogens (primary N) is 1. The first-order valence-electron chi connectivity index (χ1n) is 6.65. The first kappa shape index (κ1) is 13.7. The Labute approximate surface area is 112 Å². The van der Waals surface area contributed by atoms with Crippen LogP contribution in [0.1, 0.15) is 32.1 Å². The maximum Gasteiger partial charge on any atom is 0.224 e. The molecule has 4 N–H and O–H groups in total. The number of anilines is 2. The molecule has 2 rings (SSSR count). The second-order valence-corrected chi connectivity index (χ2v) is 4.85. The average molecular weight is 264 g/mol. The summed E-state index contributed by atoms with van der Waals surface area (Å²) < 4.78 is 5.58. The number of phenols is 1. The van der Waals surface area contributed by atoms with Gasteiger partial charge in [-0.2, -0.15) is 0 Å². The quantitative estimate of drug-likeness (QED) is 0.575. The van der Waals surface area contributed by atoms with Gasteiger partial charge >= 0.3 is 0 Å². The van der Waals surface area contributed by atoms with Gasteiger partial charge in [-0.3, -0.25) is 4.79 Å². The molecule has 0 radical (unpaired) electrons. The maximum atomic E-state index is 11.8. The van der Waals surface area contributed by atoms with Crippen molar-refractivity contribution in [1.82, 2.24) is 0 Å². The van der Waals surface area contributed by atoms with Crippen molar-refractivity contribution in [2.75, 3.05) is 17.7 Å². The Bertz CT molecular complexity index is 442. The number of nitrogens with one attached hydrogen (secondary N) is 1. The molecular weight excluding hydrogens is 244 g/mol. The number of phenolic OH excluding ortho intramolecular Hbond substituents is 1. The van der Waals surface area contributed by atoms with E-state index in [9.17, 15) is 9.90 Å². The summed E-state index contributed by atoms with van der Waals surface area (Å²) in [5.41, 5.74) is 6.61. The second-order valence-electron chi connectivity index (χ2n) is 4.85. The third-order valence-corrected chi connectivity index (χ3v) is 3.28. The minimum Gasteiger partial charge on any atom is -0.508 e. The van der Waals surface area contributed by atoms with Gasteiger partial charge in [0.15, 0.2) is 0 Å². The number of carbonyl (C=O) groups is 1. The topological polar surface area (TPSA) is 84.6 Å². The number of hydrogen-bond acceptors (Lipinski definition) is 4. The standard InChI is InChI=1S/C14H20N2O3/c15-12-9-10(17)4-6-13(12)16-14(18)7-5-11-3-1-2-8-19-11/h4,6,9,11,17H,1-3,5,7-8,15H2,(H,16,18). The van der Waals surface area contributed by atoms with E-state index in [0.717, 1.165) is 25.9 Å². The molecule has 104 valence electrons. The Morgan fingerprint density at radius 3 is 3.00 bits per heavy atom. The van der Waals surface area contributed by atoms with Gasteiger partial charge in [-0.1, -0.05) is 0 Å². The molecule has 5 heteroatoms. The van der Waals surface area contributed by atoms with E-state index in [2.05, 4.69) is 5.32 Å². The van der Waals surface area contributed by atoms with Gasteiger partial charge in [-0.25, -0.2) is 0 Å². The van der Waals surface area contributed by atoms with Crippen molar-refractivity contribution in [2.24, 2.45) is 0 Å². The minimum absolute atomic E-state index is 0.0773. The number of ether oxygens (including phenoxy) is 1. The molecule has 0 saturated carbocycles. The Kier molecular flexibility index (Phi) is 4.63. The normalized spacial score (nSPS) is 19.1. The highest BCUT2D eigenvalue weighted by Crippen LogP contribution is 2.24. The van der Waals surface area contributed by atoms with E-state index in [1.807, 2.05) is 0 Å². The van der Waals surface area contributed by atoms with Crippen LogP contribution in [0.15, 0.2) is 18.2 Å². The molecule has 1 amide bonds. The lowest BCUT2D eigenvalue weighted by atomic mass is 10.0. The van der Waals surface area contributed by atoms with Crippen LogP contribution >= 0.6 is 0 Å². The predicted octanol–water partition coefficient (Wildman–Crippen LogP) is 2.26. The van der Waals surface area contributed by atoms with E-state index in [1.54, 1.807) is 6.07 Å². The van der Waals surface area contributed by atoms with Crippen molar-refractivity contribution in [1.29, 1.82) is 0 Å². The smallest absolute Gasteiger partial charge is 0.224 e. The number of hydrogen-bond donors (Lipinski definition) is 3. The molecule has 1 aromatic rings. The van der Waals surface area contributed by atoms with Gasteiger partial charge in [0.2, 0.25) is 5.91 Å². The monoisotopic (exact) mass is 264 g/mol. The molecule has 0 bridgehead atoms. The van der Waals surface area contributed by atoms with E-state index < -0.39 is 0 Å². The number of benzene rings is 1. The molecular formula is C14H20N2O3. The highest BCUT2D eigenvalue weighted by atomic mass is 16.5. The van der Waals surface area contributed by atoms with Crippen LogP contribution in [0, 0.1) is 0 Å². The highest BCUT2D eigenvalue weighted by Gasteiger charge is 2.15. The largest absolute Gasteiger partial charge is 0.508 e. The van der Waals surface area contributed by atoms with Crippen molar-refractivity contribution in [3.8, 4) is 5.75 Å². The summed E-state index contributed by atoms with van der Waals surface area (Å²) in [4.78, 5) is 11.8. The summed E-state index contributed by atoms with van der Waals surface area (Å²) in [5.74, 6) is 0.0117. The molecule has 1 saturated heterocycles. The van der Waals surface area contributed by atoms with E-state index in [0.29, 0.717) is 17.8 Å². The first-order valence-corrected chi connectivity index (χ1v) is 6.65. The molecule has 5 nitrogen and oxygen atoms in total. The molecule has 1 aliphatic heterocycles. The van der Waals surface area contributed by atoms with Gasteiger partial charge in [-0.15, -0.1) is 0 Å². The summed E-state index contributed by atoms with van der Waals surface area (Å²) in [7, 11) is 0. The fourth-order valence-corrected chi connectivity index (χ4v) is 2.20. The molecule has 1 fully saturated rings. The Balaban J connectivity index is 1.80. The van der Waals surface area contributed by atoms with Gasteiger partial charge in [-0.05, 0) is 37.8 Å². The molecule has 1 aromatic carbocycles. The number of amides is 1. The number of rotatable bonds is 4. The average Bonchev–Trinajstić information content (AvgIpc) is 2.41. The highest BCUT2D eigenvalue weighted by molar-refractivity contribution is 5.93. The Morgan fingerprint density at radius 1 is 1.47 bits per heavy atom. The Hall–Kier alpha value is -1.75. The van der Waals surface area contributed by atoms with Gasteiger partial charge in [0.1, 0.15) is 5.75 Å². The number of nitrogen functional groups attached to an aromatic ring is 1. The lowest BCUT2D eigenvalue weighted by Gasteiger charge is -2.22. The summed E-state index contributed by atoms with van der Waals surface area (Å²) in [6.45, 7) is 0.803. The SMILES string of the molecule is Nc1cc(O)ccc1NC(=O)CCC1CCCCO1. The fraction of sp³-hybridized carbons (Fsp3) is 0.500. The Morgan fingerprint density at radius 2 is 2.32 bits per heavy atom. The molecule has 0 aliphatic carbocycles. The van der Waals surface area contributed by atoms with Crippen molar-refractivity contribution in [3.05, 3.63) is 18.2 Å². The maximum absolute atomic E-state index is 11.8. The molecule has 19 heavy (non-hydrogen) atoms. The van der Waals surface area contributed by atoms with Crippen LogP contribution in [0.5, 0.6) is 5.75 Å². The van der Waals surface area contributed by atoms with E-state index in [-0.39, 0.29) is 17.8 Å². The van der Waals surface area contributed by atoms with Crippen LogP contribution in [0.4, 0.5) is 11.4 Å². The number of aromatic hydroxyl groups is 1. The van der Waals surface area contributed by atoms with Crippen LogP contribution < -0.4 is 11.1 Å². The van der Waals surface area contributed by atoms with Gasteiger partial charge < -0.3 is 20.9 Å². The zero-order valence-corrected chi connectivity index (χ0v) is 10.9. The van der Waals surface area contributed by atoms with E-state index in [1.165, 1.54) is 18.6 Å². The van der Waals surface area contributed by atoms with Crippen LogP contribution in [0.3, 0.4) is 0 Å². The molecule has 1 atom stereocenters. The van der Waals surface area contributed by atoms with E-state index >= 15 is 0 Å². The second kappa shape index (κ2) is 6.43. The lowest BCUT2D eigenvalue weighted by molar-refractivity contribution is -0.117. The summed E-state index contributed by atoms with van der Waals surface area (Å²) in [5, 5.41) is 12.0. The van der Waals surface area contributed by atoms with Crippen molar-refractivity contribution in [3.63, 3.8) is 0 Å². The lowest BCUT2D eigenvalue weighted by Crippen LogP contribution is -2.22. The van der Waals surface area contributed by atoms with Crippen molar-refractivity contribution >= 4 is 17.3 Å². The molecule has 1 unspecified atom stereocenters. The van der Waals surface area contributed by atoms with Crippen LogP contribution in [0.2, 0.25) is 0 Å². The third kappa shape index (κ3) is 4.13. The third-order valence-electron chi connectivity index (χ3n) is 3.28. The fourth-order valence-electron chi connectivity index (χ4n) is 2.20.